The van der Waals surface area contributed by atoms with E-state index in [2.05, 4.69) is 48.6 Å². The summed E-state index contributed by atoms with van der Waals surface area (Å²) in [5, 5.41) is 9.91. The lowest BCUT2D eigenvalue weighted by Crippen LogP contribution is -2.39. The molecule has 4 aromatic carbocycles. The van der Waals surface area contributed by atoms with E-state index in [4.69, 9.17) is 9.94 Å². The zero-order valence-electron chi connectivity index (χ0n) is 24.1. The Hall–Kier alpha value is -4.72. The van der Waals surface area contributed by atoms with Crippen molar-refractivity contribution >= 4 is 21.8 Å². The largest absolute Gasteiger partial charge is 0.457 e. The van der Waals surface area contributed by atoms with E-state index in [1.54, 1.807) is 53.6 Å². The number of hydrogen-bond donors (Lipinski definition) is 2. The first-order valence-electron chi connectivity index (χ1n) is 14.7. The van der Waals surface area contributed by atoms with Gasteiger partial charge in [0.05, 0.1) is 6.42 Å². The first kappa shape index (κ1) is 29.4. The number of allylic oxidation sites excluding steroid dienone is 3. The molecule has 0 saturated heterocycles. The molecule has 1 atom stereocenters. The minimum atomic E-state index is -3.80. The molecule has 6 nitrogen and oxygen atoms in total. The van der Waals surface area contributed by atoms with Gasteiger partial charge in [-0.25, -0.2) is 13.9 Å². The first-order chi connectivity index (χ1) is 21.4. The number of rotatable bonds is 5. The fraction of sp³-hybridized carbons (Fsp3) is 0.162. The number of hydrogen-bond acceptors (Lipinski definition) is 5. The number of ether oxygens (including phenoxy) is 1. The molecule has 0 saturated carbocycles. The van der Waals surface area contributed by atoms with Crippen LogP contribution in [0.3, 0.4) is 0 Å². The fourth-order valence-corrected chi connectivity index (χ4v) is 7.81. The van der Waals surface area contributed by atoms with Crippen molar-refractivity contribution in [3.63, 3.8) is 0 Å². The number of nitrogens with one attached hydrogen (secondary N) is 1. The Kier molecular flexibility index (Phi) is 8.33. The van der Waals surface area contributed by atoms with Gasteiger partial charge in [-0.15, -0.1) is 0 Å². The summed E-state index contributed by atoms with van der Waals surface area (Å²) in [6.45, 7) is 0. The normalized spacial score (nSPS) is 18.6. The molecule has 1 amide bonds. The van der Waals surface area contributed by atoms with E-state index < -0.39 is 26.9 Å². The molecule has 3 aliphatic rings. The number of sulfone groups is 1. The van der Waals surface area contributed by atoms with Crippen molar-refractivity contribution < 1.29 is 23.2 Å². The zero-order valence-corrected chi connectivity index (χ0v) is 25.0. The van der Waals surface area contributed by atoms with Gasteiger partial charge >= 0.3 is 0 Å². The van der Waals surface area contributed by atoms with Crippen molar-refractivity contribution in [3.8, 4) is 22.6 Å². The number of carbonyl (C=O) groups is 1. The van der Waals surface area contributed by atoms with Crippen LogP contribution >= 0.6 is 0 Å². The van der Waals surface area contributed by atoms with Gasteiger partial charge in [-0.05, 0) is 88.9 Å². The van der Waals surface area contributed by atoms with Gasteiger partial charge in [0, 0.05) is 5.41 Å². The molecule has 2 N–H and O–H groups in total. The second-order valence-corrected chi connectivity index (χ2v) is 13.1. The highest BCUT2D eigenvalue weighted by atomic mass is 32.2. The Balaban J connectivity index is 0.000000165. The summed E-state index contributed by atoms with van der Waals surface area (Å²) in [5.41, 5.74) is 11.0. The number of para-hydroxylation sites is 1. The third-order valence-electron chi connectivity index (χ3n) is 8.39. The molecule has 1 heterocycles. The molecular formula is C37H33NO5S. The number of fused-ring (bicyclic) bond motifs is 5. The number of benzene rings is 4. The molecule has 7 heteroatoms. The van der Waals surface area contributed by atoms with Crippen LogP contribution in [0.5, 0.6) is 11.5 Å². The van der Waals surface area contributed by atoms with Crippen LogP contribution in [0, 0.1) is 0 Å². The second-order valence-electron chi connectivity index (χ2n) is 11.0. The van der Waals surface area contributed by atoms with Crippen molar-refractivity contribution in [2.45, 2.75) is 36.9 Å². The van der Waals surface area contributed by atoms with Gasteiger partial charge in [-0.1, -0.05) is 97.1 Å². The quantitative estimate of drug-likeness (QED) is 0.182. The summed E-state index contributed by atoms with van der Waals surface area (Å²) in [6.07, 6.45) is 13.4. The standard InChI is InChI=1S/C19H17NO5S.C18H16/c21-18(20-22)14-19(12-4-5-13-26(19,23)24)15-8-10-17(11-9-15)25-16-6-2-1-3-7-16;1-3-7-15-13(5-1)9-11-18-16-8-4-2-6-14(16)10-12-17(15)18/h1-13,22H,14H2,(H,20,21);1-3,5-7,10,12H,4,8-9,11H2. The molecule has 44 heavy (non-hydrogen) atoms. The predicted octanol–water partition coefficient (Wildman–Crippen LogP) is 7.48. The summed E-state index contributed by atoms with van der Waals surface area (Å²) in [7, 11) is -3.80. The monoisotopic (exact) mass is 603 g/mol. The average Bonchev–Trinajstić information content (AvgIpc) is 3.06. The van der Waals surface area contributed by atoms with Crippen LogP contribution in [0.2, 0.25) is 0 Å². The maximum Gasteiger partial charge on any atom is 0.245 e. The molecule has 222 valence electrons. The number of amides is 1. The SMILES string of the molecule is C1=Cc2ccc3c(c2CC1)CCc1ccccc1-3.O=C(CC1(c2ccc(Oc3ccccc3)cc2)C=CC=CS1(=O)=O)NO. The third-order valence-corrected chi connectivity index (χ3v) is 10.4. The topological polar surface area (TPSA) is 92.7 Å². The molecule has 0 radical (unpaired) electrons. The molecule has 0 aromatic heterocycles. The minimum Gasteiger partial charge on any atom is -0.457 e. The summed E-state index contributed by atoms with van der Waals surface area (Å²) in [5.74, 6) is 0.398. The molecule has 4 aromatic rings. The summed E-state index contributed by atoms with van der Waals surface area (Å²) >= 11 is 0. The van der Waals surface area contributed by atoms with Crippen molar-refractivity contribution in [1.82, 2.24) is 5.48 Å². The Bertz CT molecular complexity index is 1880. The lowest BCUT2D eigenvalue weighted by Gasteiger charge is -2.30. The summed E-state index contributed by atoms with van der Waals surface area (Å²) in [4.78, 5) is 11.7. The van der Waals surface area contributed by atoms with Gasteiger partial charge < -0.3 is 4.74 Å². The zero-order chi connectivity index (χ0) is 30.6. The smallest absolute Gasteiger partial charge is 0.245 e. The van der Waals surface area contributed by atoms with E-state index in [1.165, 1.54) is 65.6 Å². The van der Waals surface area contributed by atoms with Gasteiger partial charge in [0.15, 0.2) is 9.84 Å². The lowest BCUT2D eigenvalue weighted by atomic mass is 9.80. The van der Waals surface area contributed by atoms with Crippen LogP contribution in [-0.2, 0) is 38.6 Å². The predicted molar refractivity (Wildman–Crippen MR) is 173 cm³/mol. The highest BCUT2D eigenvalue weighted by Gasteiger charge is 2.44. The van der Waals surface area contributed by atoms with Crippen LogP contribution in [0.25, 0.3) is 17.2 Å². The van der Waals surface area contributed by atoms with Crippen LogP contribution in [0.15, 0.2) is 121 Å². The van der Waals surface area contributed by atoms with Gasteiger partial charge in [-0.2, -0.15) is 0 Å². The second kappa shape index (κ2) is 12.5. The summed E-state index contributed by atoms with van der Waals surface area (Å²) < 4.78 is 29.5. The van der Waals surface area contributed by atoms with E-state index in [-0.39, 0.29) is 0 Å². The average molecular weight is 604 g/mol. The Labute approximate surface area is 257 Å². The molecule has 1 unspecified atom stereocenters. The van der Waals surface area contributed by atoms with E-state index in [9.17, 15) is 13.2 Å². The number of carbonyl (C=O) groups excluding carboxylic acids is 1. The first-order valence-corrected chi connectivity index (χ1v) is 16.2. The number of hydroxylamine groups is 1. The van der Waals surface area contributed by atoms with E-state index in [0.717, 1.165) is 5.41 Å². The van der Waals surface area contributed by atoms with E-state index in [1.807, 2.05) is 18.2 Å². The number of aryl methyl sites for hydroxylation is 1. The van der Waals surface area contributed by atoms with E-state index in [0.29, 0.717) is 17.1 Å². The van der Waals surface area contributed by atoms with Gasteiger partial charge in [0.25, 0.3) is 0 Å². The Morgan fingerprint density at radius 1 is 0.795 bits per heavy atom. The van der Waals surface area contributed by atoms with Crippen LogP contribution in [-0.4, -0.2) is 19.5 Å². The van der Waals surface area contributed by atoms with Crippen molar-refractivity contribution in [2.75, 3.05) is 0 Å². The van der Waals surface area contributed by atoms with Crippen LogP contribution in [0.1, 0.15) is 40.7 Å². The van der Waals surface area contributed by atoms with Crippen LogP contribution in [0.4, 0.5) is 0 Å². The molecule has 7 rings (SSSR count). The van der Waals surface area contributed by atoms with Crippen molar-refractivity contribution in [1.29, 1.82) is 0 Å². The van der Waals surface area contributed by atoms with Gasteiger partial charge in [0.2, 0.25) is 5.91 Å². The van der Waals surface area contributed by atoms with Gasteiger partial charge in [0.1, 0.15) is 16.2 Å². The van der Waals surface area contributed by atoms with Crippen LogP contribution < -0.4 is 10.2 Å². The molecule has 0 fully saturated rings. The highest BCUT2D eigenvalue weighted by molar-refractivity contribution is 7.95. The minimum absolute atomic E-state index is 0.405. The lowest BCUT2D eigenvalue weighted by molar-refractivity contribution is -0.129. The maximum atomic E-state index is 12.7. The molecule has 0 spiro atoms. The Morgan fingerprint density at radius 3 is 2.32 bits per heavy atom. The fourth-order valence-electron chi connectivity index (χ4n) is 6.20. The molecular weight excluding hydrogens is 570 g/mol. The van der Waals surface area contributed by atoms with Gasteiger partial charge in [-0.3, -0.25) is 10.0 Å². The van der Waals surface area contributed by atoms with E-state index >= 15 is 0 Å². The van der Waals surface area contributed by atoms with Crippen molar-refractivity contribution in [2.24, 2.45) is 0 Å². The molecule has 0 bridgehead atoms. The highest BCUT2D eigenvalue weighted by Crippen LogP contribution is 2.40. The molecule has 2 aliphatic carbocycles. The Morgan fingerprint density at radius 2 is 1.55 bits per heavy atom. The third kappa shape index (κ3) is 5.76. The molecule has 1 aliphatic heterocycles. The maximum absolute atomic E-state index is 12.7. The van der Waals surface area contributed by atoms with Crippen molar-refractivity contribution in [3.05, 3.63) is 149 Å². The summed E-state index contributed by atoms with van der Waals surface area (Å²) in [6, 6.07) is 29.1.